The summed E-state index contributed by atoms with van der Waals surface area (Å²) in [6.07, 6.45) is 1.65. The Bertz CT molecular complexity index is 199. The summed E-state index contributed by atoms with van der Waals surface area (Å²) in [6, 6.07) is 5.41. The number of nitroso groups, excluding NO2 is 1. The molecule has 1 N–H and O–H groups in total. The van der Waals surface area contributed by atoms with Crippen molar-refractivity contribution in [1.82, 2.24) is 4.98 Å². The van der Waals surface area contributed by atoms with E-state index in [0.29, 0.717) is 5.82 Å². The van der Waals surface area contributed by atoms with Crippen LogP contribution in [-0.4, -0.2) is 11.7 Å². The lowest BCUT2D eigenvalue weighted by atomic mass is 10.5. The van der Waals surface area contributed by atoms with Crippen molar-refractivity contribution in [1.29, 1.82) is 0 Å². The fourth-order valence-electron chi connectivity index (χ4n) is 0.581. The number of hydrogen-bond donors (Lipinski definition) is 1. The monoisotopic (exact) mass is 137 g/mol. The van der Waals surface area contributed by atoms with Gasteiger partial charge >= 0.3 is 0 Å². The van der Waals surface area contributed by atoms with Crippen LogP contribution in [0.3, 0.4) is 0 Å². The van der Waals surface area contributed by atoms with Crippen LogP contribution in [0.1, 0.15) is 0 Å². The zero-order valence-corrected chi connectivity index (χ0v) is 5.32. The van der Waals surface area contributed by atoms with Gasteiger partial charge in [0.15, 0.2) is 6.67 Å². The Kier molecular flexibility index (Phi) is 2.37. The van der Waals surface area contributed by atoms with E-state index in [4.69, 9.17) is 0 Å². The molecule has 0 unspecified atom stereocenters. The molecule has 1 aromatic rings. The van der Waals surface area contributed by atoms with Crippen LogP contribution in [0.2, 0.25) is 0 Å². The fourth-order valence-corrected chi connectivity index (χ4v) is 0.581. The van der Waals surface area contributed by atoms with Crippen molar-refractivity contribution in [2.24, 2.45) is 5.18 Å². The quantitative estimate of drug-likeness (QED) is 0.637. The Labute approximate surface area is 58.3 Å². The Morgan fingerprint density at radius 1 is 1.60 bits per heavy atom. The molecular formula is C6H7N3O. The molecule has 1 aromatic heterocycles. The first-order chi connectivity index (χ1) is 4.93. The van der Waals surface area contributed by atoms with Gasteiger partial charge in [-0.1, -0.05) is 6.07 Å². The Morgan fingerprint density at radius 2 is 2.50 bits per heavy atom. The minimum absolute atomic E-state index is 0.0665. The van der Waals surface area contributed by atoms with Gasteiger partial charge in [-0.05, 0) is 17.3 Å². The molecule has 1 heterocycles. The summed E-state index contributed by atoms with van der Waals surface area (Å²) in [6.45, 7) is 0.0665. The summed E-state index contributed by atoms with van der Waals surface area (Å²) in [5, 5.41) is 5.33. The largest absolute Gasteiger partial charge is 0.348 e. The minimum Gasteiger partial charge on any atom is -0.348 e. The maximum atomic E-state index is 9.64. The van der Waals surface area contributed by atoms with Crippen molar-refractivity contribution >= 4 is 5.82 Å². The molecule has 1 rings (SSSR count). The van der Waals surface area contributed by atoms with Gasteiger partial charge in [-0.3, -0.25) is 0 Å². The average Bonchev–Trinajstić information content (AvgIpc) is 2.03. The van der Waals surface area contributed by atoms with Crippen molar-refractivity contribution in [3.05, 3.63) is 29.3 Å². The zero-order valence-electron chi connectivity index (χ0n) is 5.32. The van der Waals surface area contributed by atoms with Gasteiger partial charge in [0.25, 0.3) is 0 Å². The van der Waals surface area contributed by atoms with Gasteiger partial charge < -0.3 is 5.32 Å². The van der Waals surface area contributed by atoms with Gasteiger partial charge in [0.1, 0.15) is 5.82 Å². The van der Waals surface area contributed by atoms with E-state index in [1.54, 1.807) is 18.3 Å². The van der Waals surface area contributed by atoms with E-state index in [0.717, 1.165) is 0 Å². The molecule has 0 saturated heterocycles. The molecule has 4 nitrogen and oxygen atoms in total. The van der Waals surface area contributed by atoms with E-state index in [-0.39, 0.29) is 6.67 Å². The van der Waals surface area contributed by atoms with E-state index in [1.165, 1.54) is 0 Å². The highest BCUT2D eigenvalue weighted by Crippen LogP contribution is 1.97. The molecule has 0 saturated carbocycles. The molecular weight excluding hydrogens is 130 g/mol. The average molecular weight is 137 g/mol. The van der Waals surface area contributed by atoms with Crippen molar-refractivity contribution in [2.45, 2.75) is 0 Å². The topological polar surface area (TPSA) is 54.4 Å². The zero-order chi connectivity index (χ0) is 7.23. The number of pyridine rings is 1. The third-order valence-electron chi connectivity index (χ3n) is 0.990. The summed E-state index contributed by atoms with van der Waals surface area (Å²) in [7, 11) is 0. The standard InChI is InChI=1S/C6H7N3O/c10-9-5-8-6-3-1-2-4-7-6/h1-4H,5H2,(H,7,8). The predicted molar refractivity (Wildman–Crippen MR) is 38.5 cm³/mol. The van der Waals surface area contributed by atoms with E-state index in [2.05, 4.69) is 15.5 Å². The van der Waals surface area contributed by atoms with Crippen molar-refractivity contribution in [2.75, 3.05) is 12.0 Å². The Morgan fingerprint density at radius 3 is 3.10 bits per heavy atom. The normalized spacial score (nSPS) is 8.80. The smallest absolute Gasteiger partial charge is 0.151 e. The maximum absolute atomic E-state index is 9.64. The molecule has 10 heavy (non-hydrogen) atoms. The highest BCUT2D eigenvalue weighted by Gasteiger charge is 1.86. The second-order valence-electron chi connectivity index (χ2n) is 1.68. The minimum atomic E-state index is 0.0665. The first kappa shape index (κ1) is 6.67. The molecule has 0 aliphatic rings. The summed E-state index contributed by atoms with van der Waals surface area (Å²) < 4.78 is 0. The van der Waals surface area contributed by atoms with Gasteiger partial charge in [0.2, 0.25) is 0 Å². The van der Waals surface area contributed by atoms with Crippen LogP contribution < -0.4 is 5.32 Å². The third-order valence-corrected chi connectivity index (χ3v) is 0.990. The number of hydrogen-bond acceptors (Lipinski definition) is 4. The van der Waals surface area contributed by atoms with E-state index < -0.39 is 0 Å². The Hall–Kier alpha value is -1.45. The van der Waals surface area contributed by atoms with E-state index >= 15 is 0 Å². The summed E-state index contributed by atoms with van der Waals surface area (Å²) >= 11 is 0. The Balaban J connectivity index is 2.50. The molecule has 4 heteroatoms. The number of aromatic nitrogens is 1. The van der Waals surface area contributed by atoms with E-state index in [1.807, 2.05) is 6.07 Å². The van der Waals surface area contributed by atoms with E-state index in [9.17, 15) is 4.91 Å². The number of nitrogens with one attached hydrogen (secondary N) is 1. The molecule has 0 fully saturated rings. The highest BCUT2D eigenvalue weighted by molar-refractivity contribution is 5.32. The lowest BCUT2D eigenvalue weighted by Gasteiger charge is -1.96. The summed E-state index contributed by atoms with van der Waals surface area (Å²) in [4.78, 5) is 13.5. The van der Waals surface area contributed by atoms with Gasteiger partial charge in [-0.25, -0.2) is 4.98 Å². The molecule has 0 spiro atoms. The van der Waals surface area contributed by atoms with Crippen LogP contribution in [0.5, 0.6) is 0 Å². The highest BCUT2D eigenvalue weighted by atomic mass is 16.3. The van der Waals surface area contributed by atoms with Crippen LogP contribution in [0.4, 0.5) is 5.82 Å². The second-order valence-corrected chi connectivity index (χ2v) is 1.68. The van der Waals surface area contributed by atoms with Gasteiger partial charge in [-0.15, -0.1) is 4.91 Å². The molecule has 0 atom stereocenters. The van der Waals surface area contributed by atoms with Crippen LogP contribution in [0.15, 0.2) is 29.6 Å². The fraction of sp³-hybridized carbons (Fsp3) is 0.167. The van der Waals surface area contributed by atoms with Crippen LogP contribution in [-0.2, 0) is 0 Å². The van der Waals surface area contributed by atoms with Crippen LogP contribution in [0.25, 0.3) is 0 Å². The maximum Gasteiger partial charge on any atom is 0.151 e. The molecule has 0 aromatic carbocycles. The first-order valence-corrected chi connectivity index (χ1v) is 2.87. The molecule has 0 amide bonds. The second kappa shape index (κ2) is 3.55. The van der Waals surface area contributed by atoms with Gasteiger partial charge in [0, 0.05) is 6.20 Å². The van der Waals surface area contributed by atoms with Gasteiger partial charge in [-0.2, -0.15) is 0 Å². The van der Waals surface area contributed by atoms with Crippen LogP contribution in [0, 0.1) is 4.91 Å². The van der Waals surface area contributed by atoms with Crippen LogP contribution >= 0.6 is 0 Å². The SMILES string of the molecule is O=NCNc1ccccn1. The lowest BCUT2D eigenvalue weighted by Crippen LogP contribution is -1.98. The summed E-state index contributed by atoms with van der Waals surface area (Å²) in [5.41, 5.74) is 0. The lowest BCUT2D eigenvalue weighted by molar-refractivity contribution is 1.10. The van der Waals surface area contributed by atoms with Crippen molar-refractivity contribution in [3.63, 3.8) is 0 Å². The molecule has 0 radical (unpaired) electrons. The molecule has 0 bridgehead atoms. The summed E-state index contributed by atoms with van der Waals surface area (Å²) in [5.74, 6) is 0.669. The van der Waals surface area contributed by atoms with Crippen molar-refractivity contribution < 1.29 is 0 Å². The number of nitrogens with zero attached hydrogens (tertiary/aromatic N) is 2. The third kappa shape index (κ3) is 1.81. The molecule has 0 aliphatic heterocycles. The molecule has 52 valence electrons. The predicted octanol–water partition coefficient (Wildman–Crippen LogP) is 1.22. The van der Waals surface area contributed by atoms with Crippen molar-refractivity contribution in [3.8, 4) is 0 Å². The van der Waals surface area contributed by atoms with Gasteiger partial charge in [0.05, 0.1) is 0 Å². The number of anilines is 1. The molecule has 0 aliphatic carbocycles. The first-order valence-electron chi connectivity index (χ1n) is 2.87. The number of rotatable bonds is 3.